The Morgan fingerprint density at radius 2 is 1.79 bits per heavy atom. The zero-order valence-corrected chi connectivity index (χ0v) is 16.7. The van der Waals surface area contributed by atoms with Gasteiger partial charge in [-0.2, -0.15) is 0 Å². The molecule has 5 heteroatoms. The van der Waals surface area contributed by atoms with Crippen LogP contribution >= 0.6 is 0 Å². The summed E-state index contributed by atoms with van der Waals surface area (Å²) in [6, 6.07) is 14.5. The minimum Gasteiger partial charge on any atom is -0.497 e. The molecule has 2 N–H and O–H groups in total. The second-order valence-corrected chi connectivity index (χ2v) is 7.58. The molecule has 1 aliphatic rings. The number of ether oxygens (including phenoxy) is 1. The molecule has 0 saturated carbocycles. The molecular weight excluding hydrogens is 352 g/mol. The fourth-order valence-corrected chi connectivity index (χ4v) is 3.67. The van der Waals surface area contributed by atoms with Crippen molar-refractivity contribution in [2.45, 2.75) is 45.2 Å². The van der Waals surface area contributed by atoms with Crippen molar-refractivity contribution in [2.75, 3.05) is 7.11 Å². The SMILES string of the molecule is COc1ccc(C(=O)N[C@@H](C(=O)N[C@@H]2CCCc3ccccc32)C(C)C)cc1. The minimum atomic E-state index is -0.594. The minimum absolute atomic E-state index is 0.00316. The summed E-state index contributed by atoms with van der Waals surface area (Å²) in [4.78, 5) is 25.6. The third-order valence-corrected chi connectivity index (χ3v) is 5.27. The van der Waals surface area contributed by atoms with Crippen molar-refractivity contribution in [2.24, 2.45) is 5.92 Å². The Morgan fingerprint density at radius 3 is 2.46 bits per heavy atom. The first kappa shape index (κ1) is 19.9. The van der Waals surface area contributed by atoms with E-state index in [0.29, 0.717) is 11.3 Å². The van der Waals surface area contributed by atoms with Crippen molar-refractivity contribution < 1.29 is 14.3 Å². The van der Waals surface area contributed by atoms with Gasteiger partial charge >= 0.3 is 0 Å². The lowest BCUT2D eigenvalue weighted by atomic mass is 9.87. The number of hydrogen-bond acceptors (Lipinski definition) is 3. The Hall–Kier alpha value is -2.82. The normalized spacial score (nSPS) is 16.8. The molecule has 2 amide bonds. The van der Waals surface area contributed by atoms with Gasteiger partial charge in [0.25, 0.3) is 5.91 Å². The molecule has 2 atom stereocenters. The summed E-state index contributed by atoms with van der Waals surface area (Å²) >= 11 is 0. The van der Waals surface area contributed by atoms with Gasteiger partial charge in [0.15, 0.2) is 0 Å². The summed E-state index contributed by atoms with van der Waals surface area (Å²) in [6.07, 6.45) is 3.01. The van der Waals surface area contributed by atoms with Gasteiger partial charge in [0, 0.05) is 5.56 Å². The van der Waals surface area contributed by atoms with Crippen LogP contribution < -0.4 is 15.4 Å². The van der Waals surface area contributed by atoms with Crippen LogP contribution in [0.4, 0.5) is 0 Å². The van der Waals surface area contributed by atoms with Gasteiger partial charge in [0.05, 0.1) is 13.2 Å². The lowest BCUT2D eigenvalue weighted by Crippen LogP contribution is -2.50. The maximum absolute atomic E-state index is 13.0. The molecule has 0 unspecified atom stereocenters. The lowest BCUT2D eigenvalue weighted by molar-refractivity contribution is -0.124. The van der Waals surface area contributed by atoms with Gasteiger partial charge < -0.3 is 15.4 Å². The Labute approximate surface area is 166 Å². The van der Waals surface area contributed by atoms with Crippen molar-refractivity contribution in [3.05, 3.63) is 65.2 Å². The maximum atomic E-state index is 13.0. The van der Waals surface area contributed by atoms with E-state index in [4.69, 9.17) is 4.74 Å². The summed E-state index contributed by atoms with van der Waals surface area (Å²) in [5.74, 6) is 0.255. The van der Waals surface area contributed by atoms with Gasteiger partial charge in [0.2, 0.25) is 5.91 Å². The smallest absolute Gasteiger partial charge is 0.251 e. The summed E-state index contributed by atoms with van der Waals surface area (Å²) in [5, 5.41) is 6.05. The highest BCUT2D eigenvalue weighted by Gasteiger charge is 2.28. The number of carbonyl (C=O) groups excluding carboxylic acids is 2. The number of rotatable bonds is 6. The first-order valence-electron chi connectivity index (χ1n) is 9.82. The molecule has 148 valence electrons. The molecule has 28 heavy (non-hydrogen) atoms. The van der Waals surface area contributed by atoms with E-state index in [9.17, 15) is 9.59 Å². The number of nitrogens with one attached hydrogen (secondary N) is 2. The molecule has 1 aliphatic carbocycles. The Morgan fingerprint density at radius 1 is 1.07 bits per heavy atom. The van der Waals surface area contributed by atoms with Crippen LogP contribution in [0.2, 0.25) is 0 Å². The molecule has 0 saturated heterocycles. The van der Waals surface area contributed by atoms with Crippen molar-refractivity contribution in [1.29, 1.82) is 0 Å². The monoisotopic (exact) mass is 380 g/mol. The van der Waals surface area contributed by atoms with E-state index < -0.39 is 6.04 Å². The van der Waals surface area contributed by atoms with Crippen LogP contribution in [-0.4, -0.2) is 25.0 Å². The molecule has 0 aliphatic heterocycles. The molecule has 0 spiro atoms. The first-order chi connectivity index (χ1) is 13.5. The number of amides is 2. The second kappa shape index (κ2) is 8.91. The van der Waals surface area contributed by atoms with Crippen molar-refractivity contribution >= 4 is 11.8 Å². The van der Waals surface area contributed by atoms with Crippen LogP contribution in [0.15, 0.2) is 48.5 Å². The fraction of sp³-hybridized carbons (Fsp3) is 0.391. The van der Waals surface area contributed by atoms with Crippen LogP contribution in [0.5, 0.6) is 5.75 Å². The van der Waals surface area contributed by atoms with E-state index in [1.54, 1.807) is 31.4 Å². The van der Waals surface area contributed by atoms with Crippen molar-refractivity contribution in [3.8, 4) is 5.75 Å². The molecule has 0 aromatic heterocycles. The number of carbonyl (C=O) groups is 2. The highest BCUT2D eigenvalue weighted by molar-refractivity contribution is 5.97. The molecule has 3 rings (SSSR count). The number of methoxy groups -OCH3 is 1. The Bertz CT molecular complexity index is 830. The summed E-state index contributed by atoms with van der Waals surface area (Å²) in [5.41, 5.74) is 2.98. The first-order valence-corrected chi connectivity index (χ1v) is 9.82. The van der Waals surface area contributed by atoms with E-state index >= 15 is 0 Å². The average molecular weight is 380 g/mol. The van der Waals surface area contributed by atoms with Crippen LogP contribution in [0.25, 0.3) is 0 Å². The van der Waals surface area contributed by atoms with E-state index in [2.05, 4.69) is 22.8 Å². The Kier molecular flexibility index (Phi) is 6.34. The topological polar surface area (TPSA) is 67.4 Å². The van der Waals surface area contributed by atoms with E-state index in [1.165, 1.54) is 11.1 Å². The zero-order chi connectivity index (χ0) is 20.1. The summed E-state index contributed by atoms with van der Waals surface area (Å²) in [6.45, 7) is 3.88. The quantitative estimate of drug-likeness (QED) is 0.804. The molecule has 0 fully saturated rings. The predicted molar refractivity (Wildman–Crippen MR) is 109 cm³/mol. The molecular formula is C23H28N2O3. The summed E-state index contributed by atoms with van der Waals surface area (Å²) < 4.78 is 5.12. The molecule has 0 heterocycles. The van der Waals surface area contributed by atoms with Gasteiger partial charge in [0.1, 0.15) is 11.8 Å². The van der Waals surface area contributed by atoms with Crippen LogP contribution in [0, 0.1) is 5.92 Å². The number of benzene rings is 2. The van der Waals surface area contributed by atoms with E-state index in [1.807, 2.05) is 26.0 Å². The van der Waals surface area contributed by atoms with Gasteiger partial charge in [-0.05, 0) is 60.6 Å². The average Bonchev–Trinajstić information content (AvgIpc) is 2.71. The lowest BCUT2D eigenvalue weighted by Gasteiger charge is -2.29. The number of hydrogen-bond donors (Lipinski definition) is 2. The van der Waals surface area contributed by atoms with Crippen LogP contribution in [0.1, 0.15) is 54.2 Å². The van der Waals surface area contributed by atoms with E-state index in [-0.39, 0.29) is 23.8 Å². The second-order valence-electron chi connectivity index (χ2n) is 7.58. The van der Waals surface area contributed by atoms with Gasteiger partial charge in [-0.25, -0.2) is 0 Å². The molecule has 0 radical (unpaired) electrons. The van der Waals surface area contributed by atoms with Crippen LogP contribution in [-0.2, 0) is 11.2 Å². The number of aryl methyl sites for hydroxylation is 1. The fourth-order valence-electron chi connectivity index (χ4n) is 3.67. The highest BCUT2D eigenvalue weighted by Crippen LogP contribution is 2.29. The molecule has 0 bridgehead atoms. The van der Waals surface area contributed by atoms with Crippen molar-refractivity contribution in [3.63, 3.8) is 0 Å². The predicted octanol–water partition coefficient (Wildman–Crippen LogP) is 3.64. The third-order valence-electron chi connectivity index (χ3n) is 5.27. The highest BCUT2D eigenvalue weighted by atomic mass is 16.5. The molecule has 2 aromatic carbocycles. The van der Waals surface area contributed by atoms with Crippen LogP contribution in [0.3, 0.4) is 0 Å². The van der Waals surface area contributed by atoms with Crippen molar-refractivity contribution in [1.82, 2.24) is 10.6 Å². The van der Waals surface area contributed by atoms with Gasteiger partial charge in [-0.3, -0.25) is 9.59 Å². The standard InChI is InChI=1S/C23H28N2O3/c1-15(2)21(25-22(26)17-11-13-18(28-3)14-12-17)23(27)24-20-10-6-8-16-7-4-5-9-19(16)20/h4-5,7,9,11-15,20-21H,6,8,10H2,1-3H3,(H,24,27)(H,25,26)/t20-,21-/m1/s1. The maximum Gasteiger partial charge on any atom is 0.251 e. The van der Waals surface area contributed by atoms with Gasteiger partial charge in [-0.15, -0.1) is 0 Å². The van der Waals surface area contributed by atoms with Gasteiger partial charge in [-0.1, -0.05) is 38.1 Å². The zero-order valence-electron chi connectivity index (χ0n) is 16.7. The largest absolute Gasteiger partial charge is 0.497 e. The van der Waals surface area contributed by atoms with E-state index in [0.717, 1.165) is 19.3 Å². The Balaban J connectivity index is 1.70. The number of fused-ring (bicyclic) bond motifs is 1. The molecule has 2 aromatic rings. The molecule has 5 nitrogen and oxygen atoms in total. The summed E-state index contributed by atoms with van der Waals surface area (Å²) in [7, 11) is 1.58. The third kappa shape index (κ3) is 4.53.